The lowest BCUT2D eigenvalue weighted by Crippen LogP contribution is -2.46. The molecule has 0 rings (SSSR count). The molecule has 0 saturated carbocycles. The molecule has 0 aromatic rings. The van der Waals surface area contributed by atoms with E-state index in [2.05, 4.69) is 19.2 Å². The second-order valence-electron chi connectivity index (χ2n) is 10.4. The summed E-state index contributed by atoms with van der Waals surface area (Å²) in [4.78, 5) is 12.2. The number of amides is 1. The van der Waals surface area contributed by atoms with E-state index in [1.54, 1.807) is 0 Å². The van der Waals surface area contributed by atoms with Crippen LogP contribution in [0.1, 0.15) is 155 Å². The summed E-state index contributed by atoms with van der Waals surface area (Å²) < 4.78 is 0. The smallest absolute Gasteiger partial charge is 0.222 e. The highest BCUT2D eigenvalue weighted by molar-refractivity contribution is 5.76. The van der Waals surface area contributed by atoms with E-state index >= 15 is 0 Å². The third-order valence-electron chi connectivity index (χ3n) is 6.92. The maximum atomic E-state index is 12.2. The zero-order chi connectivity index (χ0) is 25.3. The Morgan fingerprint density at radius 3 is 1.41 bits per heavy atom. The van der Waals surface area contributed by atoms with Crippen LogP contribution >= 0.6 is 0 Å². The number of carbonyl (C=O) groups excluding carboxylic acids is 1. The molecule has 1 amide bonds. The molecule has 0 bridgehead atoms. The van der Waals surface area contributed by atoms with Gasteiger partial charge < -0.3 is 20.6 Å². The molecular formula is C29H59NO4. The molecule has 0 aliphatic rings. The molecule has 5 heteroatoms. The van der Waals surface area contributed by atoms with Crippen molar-refractivity contribution >= 4 is 5.91 Å². The molecule has 0 aromatic heterocycles. The molecule has 0 radical (unpaired) electrons. The van der Waals surface area contributed by atoms with Crippen molar-refractivity contribution in [2.45, 2.75) is 173 Å². The van der Waals surface area contributed by atoms with Gasteiger partial charge in [0.15, 0.2) is 0 Å². The summed E-state index contributed by atoms with van der Waals surface area (Å²) >= 11 is 0. The van der Waals surface area contributed by atoms with Gasteiger partial charge in [0.1, 0.15) is 0 Å². The molecule has 0 saturated heterocycles. The van der Waals surface area contributed by atoms with Crippen molar-refractivity contribution in [2.75, 3.05) is 6.61 Å². The van der Waals surface area contributed by atoms with E-state index in [-0.39, 0.29) is 18.9 Å². The van der Waals surface area contributed by atoms with Gasteiger partial charge in [0.25, 0.3) is 0 Å². The lowest BCUT2D eigenvalue weighted by atomic mass is 10.0. The van der Waals surface area contributed by atoms with Crippen molar-refractivity contribution in [3.05, 3.63) is 0 Å². The van der Waals surface area contributed by atoms with Gasteiger partial charge in [-0.25, -0.2) is 0 Å². The summed E-state index contributed by atoms with van der Waals surface area (Å²) in [6.07, 6.45) is 23.5. The van der Waals surface area contributed by atoms with Crippen molar-refractivity contribution in [2.24, 2.45) is 0 Å². The minimum Gasteiger partial charge on any atom is -0.394 e. The predicted octanol–water partition coefficient (Wildman–Crippen LogP) is 6.81. The molecular weight excluding hydrogens is 426 g/mol. The summed E-state index contributed by atoms with van der Waals surface area (Å²) in [5.41, 5.74) is 0. The van der Waals surface area contributed by atoms with Crippen LogP contribution in [0.3, 0.4) is 0 Å². The molecule has 0 aromatic carbocycles. The Kier molecular flexibility index (Phi) is 25.0. The Labute approximate surface area is 211 Å². The molecule has 34 heavy (non-hydrogen) atoms. The number of rotatable bonds is 26. The maximum Gasteiger partial charge on any atom is 0.222 e. The Bertz CT molecular complexity index is 432. The number of unbranched alkanes of at least 4 members (excludes halogenated alkanes) is 17. The van der Waals surface area contributed by atoms with Crippen molar-refractivity contribution in [1.29, 1.82) is 0 Å². The summed E-state index contributed by atoms with van der Waals surface area (Å²) in [6.45, 7) is 4.17. The van der Waals surface area contributed by atoms with Crippen LogP contribution in [0.15, 0.2) is 0 Å². The van der Waals surface area contributed by atoms with Gasteiger partial charge in [-0.3, -0.25) is 4.79 Å². The molecule has 0 aliphatic heterocycles. The minimum atomic E-state index is -0.739. The van der Waals surface area contributed by atoms with E-state index < -0.39 is 18.2 Å². The summed E-state index contributed by atoms with van der Waals surface area (Å²) in [5.74, 6) is -0.290. The number of aliphatic hydroxyl groups excluding tert-OH is 3. The van der Waals surface area contributed by atoms with E-state index in [1.807, 2.05) is 0 Å². The van der Waals surface area contributed by atoms with Gasteiger partial charge in [-0.15, -0.1) is 0 Å². The summed E-state index contributed by atoms with van der Waals surface area (Å²) in [5, 5.41) is 32.8. The molecule has 0 spiro atoms. The van der Waals surface area contributed by atoms with Gasteiger partial charge in [-0.2, -0.15) is 0 Å². The first-order valence-electron chi connectivity index (χ1n) is 14.8. The van der Waals surface area contributed by atoms with Crippen LogP contribution in [-0.2, 0) is 4.79 Å². The zero-order valence-corrected chi connectivity index (χ0v) is 22.7. The Morgan fingerprint density at radius 1 is 0.618 bits per heavy atom. The number of nitrogens with one attached hydrogen (secondary N) is 1. The van der Waals surface area contributed by atoms with Crippen molar-refractivity contribution in [3.8, 4) is 0 Å². The molecule has 1 unspecified atom stereocenters. The van der Waals surface area contributed by atoms with Gasteiger partial charge in [0, 0.05) is 0 Å². The fourth-order valence-corrected chi connectivity index (χ4v) is 4.58. The lowest BCUT2D eigenvalue weighted by molar-refractivity contribution is -0.125. The monoisotopic (exact) mass is 485 g/mol. The fourth-order valence-electron chi connectivity index (χ4n) is 4.58. The van der Waals surface area contributed by atoms with Gasteiger partial charge >= 0.3 is 0 Å². The quantitative estimate of drug-likeness (QED) is 0.101. The highest BCUT2D eigenvalue weighted by atomic mass is 16.3. The number of hydrogen-bond acceptors (Lipinski definition) is 4. The second kappa shape index (κ2) is 25.4. The van der Waals surface area contributed by atoms with Crippen molar-refractivity contribution < 1.29 is 20.1 Å². The topological polar surface area (TPSA) is 89.8 Å². The fraction of sp³-hybridized carbons (Fsp3) is 0.966. The highest BCUT2D eigenvalue weighted by Gasteiger charge is 2.21. The van der Waals surface area contributed by atoms with Gasteiger partial charge in [0.05, 0.1) is 31.3 Å². The van der Waals surface area contributed by atoms with Crippen LogP contribution in [0.4, 0.5) is 0 Å². The maximum absolute atomic E-state index is 12.2. The third kappa shape index (κ3) is 21.9. The van der Waals surface area contributed by atoms with E-state index in [0.717, 1.165) is 25.7 Å². The van der Waals surface area contributed by atoms with Crippen molar-refractivity contribution in [1.82, 2.24) is 5.32 Å². The molecule has 5 nitrogen and oxygen atoms in total. The molecule has 0 heterocycles. The van der Waals surface area contributed by atoms with Crippen LogP contribution in [0, 0.1) is 0 Å². The normalized spacial score (nSPS) is 14.1. The first-order chi connectivity index (χ1) is 16.5. The highest BCUT2D eigenvalue weighted by Crippen LogP contribution is 2.15. The van der Waals surface area contributed by atoms with Crippen LogP contribution in [0.25, 0.3) is 0 Å². The molecule has 3 atom stereocenters. The van der Waals surface area contributed by atoms with E-state index in [9.17, 15) is 20.1 Å². The molecule has 0 fully saturated rings. The average molecular weight is 486 g/mol. The first kappa shape index (κ1) is 33.4. The molecule has 0 aliphatic carbocycles. The zero-order valence-electron chi connectivity index (χ0n) is 22.7. The Morgan fingerprint density at radius 2 is 1.00 bits per heavy atom. The standard InChI is InChI=1S/C29H59NO4/c1-3-5-7-9-11-12-13-14-15-16-17-19-21-23-28(33)27(25-31)30-29(34)24-26(32)22-20-18-10-8-6-4-2/h26-28,31-33H,3-25H2,1-2H3,(H,30,34)/t26?,27-,28+/m0/s1. The van der Waals surface area contributed by atoms with Gasteiger partial charge in [-0.05, 0) is 12.8 Å². The Hall–Kier alpha value is -0.650. The van der Waals surface area contributed by atoms with Crippen LogP contribution in [-0.4, -0.2) is 46.1 Å². The number of hydrogen-bond donors (Lipinski definition) is 4. The second-order valence-corrected chi connectivity index (χ2v) is 10.4. The molecule has 4 N–H and O–H groups in total. The van der Waals surface area contributed by atoms with Gasteiger partial charge in [0.2, 0.25) is 5.91 Å². The SMILES string of the molecule is CCCCCCCCCCCCCCC[C@@H](O)[C@H](CO)NC(=O)CC(O)CCCCCCCC. The van der Waals surface area contributed by atoms with Crippen LogP contribution in [0.2, 0.25) is 0 Å². The van der Waals surface area contributed by atoms with Crippen LogP contribution in [0.5, 0.6) is 0 Å². The van der Waals surface area contributed by atoms with Crippen LogP contribution < -0.4 is 5.32 Å². The predicted molar refractivity (Wildman–Crippen MR) is 144 cm³/mol. The lowest BCUT2D eigenvalue weighted by Gasteiger charge is -2.23. The molecule has 204 valence electrons. The van der Waals surface area contributed by atoms with Crippen molar-refractivity contribution in [3.63, 3.8) is 0 Å². The number of aliphatic hydroxyl groups is 3. The Balaban J connectivity index is 3.71. The summed E-state index contributed by atoms with van der Waals surface area (Å²) in [7, 11) is 0. The minimum absolute atomic E-state index is 0.0386. The third-order valence-corrected chi connectivity index (χ3v) is 6.92. The average Bonchev–Trinajstić information content (AvgIpc) is 2.82. The van der Waals surface area contributed by atoms with E-state index in [1.165, 1.54) is 96.3 Å². The van der Waals surface area contributed by atoms with E-state index in [0.29, 0.717) is 12.8 Å². The van der Waals surface area contributed by atoms with E-state index in [4.69, 9.17) is 0 Å². The number of carbonyl (C=O) groups is 1. The first-order valence-corrected chi connectivity index (χ1v) is 14.8. The largest absolute Gasteiger partial charge is 0.394 e. The van der Waals surface area contributed by atoms with Gasteiger partial charge in [-0.1, -0.05) is 136 Å². The summed E-state index contributed by atoms with van der Waals surface area (Å²) in [6, 6.07) is -0.647.